The number of aromatic nitrogens is 1. The zero-order valence-electron chi connectivity index (χ0n) is 8.87. The van der Waals surface area contributed by atoms with Crippen molar-refractivity contribution in [2.45, 2.75) is 0 Å². The van der Waals surface area contributed by atoms with Gasteiger partial charge in [0.25, 0.3) is 0 Å². The average Bonchev–Trinajstić information content (AvgIpc) is 2.58. The van der Waals surface area contributed by atoms with Crippen LogP contribution in [-0.2, 0) is 4.74 Å². The number of oxazole rings is 1. The van der Waals surface area contributed by atoms with Crippen LogP contribution < -0.4 is 16.8 Å². The van der Waals surface area contributed by atoms with Gasteiger partial charge in [-0.05, 0) is 6.07 Å². The van der Waals surface area contributed by atoms with Crippen LogP contribution in [0, 0.1) is 0 Å². The number of rotatable bonds is 4. The molecule has 0 spiro atoms. The lowest BCUT2D eigenvalue weighted by Crippen LogP contribution is -2.09. The van der Waals surface area contributed by atoms with Gasteiger partial charge in [-0.15, -0.1) is 0 Å². The molecule has 0 aliphatic carbocycles. The van der Waals surface area contributed by atoms with Gasteiger partial charge in [0, 0.05) is 19.7 Å². The summed E-state index contributed by atoms with van der Waals surface area (Å²) in [6.07, 6.45) is 0. The average molecular weight is 223 g/mol. The Balaban J connectivity index is 2.30. The smallest absolute Gasteiger partial charge is 0.408 e. The van der Waals surface area contributed by atoms with Gasteiger partial charge >= 0.3 is 5.76 Å². The van der Waals surface area contributed by atoms with Crippen LogP contribution in [0.1, 0.15) is 0 Å². The Morgan fingerprint density at radius 1 is 1.56 bits per heavy atom. The van der Waals surface area contributed by atoms with Gasteiger partial charge < -0.3 is 20.2 Å². The number of nitrogens with two attached hydrogens (primary N) is 1. The summed E-state index contributed by atoms with van der Waals surface area (Å²) >= 11 is 0. The molecule has 0 radical (unpaired) electrons. The third-order valence-electron chi connectivity index (χ3n) is 2.21. The molecule has 0 atom stereocenters. The zero-order chi connectivity index (χ0) is 11.5. The number of benzene rings is 1. The molecule has 1 heterocycles. The molecule has 0 saturated carbocycles. The number of nitrogen functional groups attached to an aromatic ring is 1. The highest BCUT2D eigenvalue weighted by molar-refractivity contribution is 5.85. The van der Waals surface area contributed by atoms with Gasteiger partial charge in [-0.25, -0.2) is 4.79 Å². The molecule has 2 rings (SSSR count). The topological polar surface area (TPSA) is 93.3 Å². The molecule has 16 heavy (non-hydrogen) atoms. The molecule has 0 unspecified atom stereocenters. The Labute approximate surface area is 91.4 Å². The van der Waals surface area contributed by atoms with Crippen LogP contribution in [-0.4, -0.2) is 25.2 Å². The van der Waals surface area contributed by atoms with Gasteiger partial charge in [0.05, 0.1) is 23.5 Å². The Morgan fingerprint density at radius 3 is 3.12 bits per heavy atom. The third kappa shape index (κ3) is 2.01. The summed E-state index contributed by atoms with van der Waals surface area (Å²) in [6.45, 7) is 1.23. The van der Waals surface area contributed by atoms with E-state index < -0.39 is 5.76 Å². The molecule has 0 aliphatic heterocycles. The van der Waals surface area contributed by atoms with E-state index in [1.54, 1.807) is 19.2 Å². The highest BCUT2D eigenvalue weighted by Crippen LogP contribution is 2.23. The third-order valence-corrected chi connectivity index (χ3v) is 2.21. The summed E-state index contributed by atoms with van der Waals surface area (Å²) in [4.78, 5) is 13.5. The van der Waals surface area contributed by atoms with Crippen LogP contribution in [0.5, 0.6) is 0 Å². The number of aromatic amines is 1. The number of nitrogens with one attached hydrogen (secondary N) is 2. The molecule has 86 valence electrons. The molecule has 6 nitrogen and oxygen atoms in total. The van der Waals surface area contributed by atoms with Crippen molar-refractivity contribution in [3.8, 4) is 0 Å². The second kappa shape index (κ2) is 4.28. The fourth-order valence-corrected chi connectivity index (χ4v) is 1.45. The monoisotopic (exact) mass is 223 g/mol. The SMILES string of the molecule is COCCNc1cc2[nH]c(=O)oc2cc1N. The lowest BCUT2D eigenvalue weighted by molar-refractivity contribution is 0.211. The largest absolute Gasteiger partial charge is 0.417 e. The van der Waals surface area contributed by atoms with Gasteiger partial charge in [0.2, 0.25) is 0 Å². The summed E-state index contributed by atoms with van der Waals surface area (Å²) in [7, 11) is 1.63. The molecule has 0 aliphatic rings. The molecule has 6 heteroatoms. The van der Waals surface area contributed by atoms with Crippen molar-refractivity contribution < 1.29 is 9.15 Å². The minimum Gasteiger partial charge on any atom is -0.408 e. The second-order valence-electron chi connectivity index (χ2n) is 3.37. The van der Waals surface area contributed by atoms with Gasteiger partial charge in [-0.3, -0.25) is 4.98 Å². The predicted octanol–water partition coefficient (Wildman–Crippen LogP) is 0.762. The number of hydrogen-bond donors (Lipinski definition) is 3. The first-order valence-electron chi connectivity index (χ1n) is 4.86. The molecule has 1 aromatic carbocycles. The van der Waals surface area contributed by atoms with Crippen molar-refractivity contribution in [3.05, 3.63) is 22.7 Å². The molecule has 1 aromatic heterocycles. The maximum atomic E-state index is 11.0. The molecule has 0 amide bonds. The van der Waals surface area contributed by atoms with E-state index in [9.17, 15) is 4.79 Å². The van der Waals surface area contributed by atoms with Crippen LogP contribution in [0.3, 0.4) is 0 Å². The Hall–Kier alpha value is -1.95. The summed E-state index contributed by atoms with van der Waals surface area (Å²) in [6, 6.07) is 3.35. The van der Waals surface area contributed by atoms with Gasteiger partial charge in [-0.1, -0.05) is 0 Å². The number of hydrogen-bond acceptors (Lipinski definition) is 5. The van der Waals surface area contributed by atoms with Gasteiger partial charge in [0.15, 0.2) is 5.58 Å². The van der Waals surface area contributed by atoms with Crippen LogP contribution in [0.2, 0.25) is 0 Å². The van der Waals surface area contributed by atoms with E-state index in [1.165, 1.54) is 0 Å². The van der Waals surface area contributed by atoms with Crippen LogP contribution in [0.4, 0.5) is 11.4 Å². The van der Waals surface area contributed by atoms with Crippen molar-refractivity contribution in [3.63, 3.8) is 0 Å². The van der Waals surface area contributed by atoms with E-state index in [1.807, 2.05) is 0 Å². The highest BCUT2D eigenvalue weighted by atomic mass is 16.5. The fourth-order valence-electron chi connectivity index (χ4n) is 1.45. The Kier molecular flexibility index (Phi) is 2.82. The van der Waals surface area contributed by atoms with E-state index in [4.69, 9.17) is 14.9 Å². The molecular formula is C10H13N3O3. The molecular weight excluding hydrogens is 210 g/mol. The van der Waals surface area contributed by atoms with Crippen molar-refractivity contribution in [1.82, 2.24) is 4.98 Å². The van der Waals surface area contributed by atoms with E-state index in [0.29, 0.717) is 29.9 Å². The minimum atomic E-state index is -0.483. The normalized spacial score (nSPS) is 10.8. The molecule has 0 bridgehead atoms. The summed E-state index contributed by atoms with van der Waals surface area (Å²) in [5.74, 6) is -0.483. The second-order valence-corrected chi connectivity index (χ2v) is 3.37. The highest BCUT2D eigenvalue weighted by Gasteiger charge is 2.05. The number of anilines is 2. The number of methoxy groups -OCH3 is 1. The molecule has 0 fully saturated rings. The maximum Gasteiger partial charge on any atom is 0.417 e. The van der Waals surface area contributed by atoms with Crippen LogP contribution >= 0.6 is 0 Å². The maximum absolute atomic E-state index is 11.0. The van der Waals surface area contributed by atoms with Crippen LogP contribution in [0.15, 0.2) is 21.3 Å². The van der Waals surface area contributed by atoms with Gasteiger partial charge in [0.1, 0.15) is 0 Å². The zero-order valence-corrected chi connectivity index (χ0v) is 8.87. The van der Waals surface area contributed by atoms with E-state index in [-0.39, 0.29) is 0 Å². The fraction of sp³-hybridized carbons (Fsp3) is 0.300. The number of H-pyrrole nitrogens is 1. The Morgan fingerprint density at radius 2 is 2.38 bits per heavy atom. The first kappa shape index (κ1) is 10.6. The number of ether oxygens (including phenoxy) is 1. The van der Waals surface area contributed by atoms with Crippen molar-refractivity contribution in [2.75, 3.05) is 31.3 Å². The van der Waals surface area contributed by atoms with E-state index in [2.05, 4.69) is 10.3 Å². The molecule has 0 saturated heterocycles. The molecule has 2 aromatic rings. The predicted molar refractivity (Wildman–Crippen MR) is 61.6 cm³/mol. The first-order chi connectivity index (χ1) is 7.70. The lowest BCUT2D eigenvalue weighted by atomic mass is 10.2. The van der Waals surface area contributed by atoms with E-state index >= 15 is 0 Å². The number of fused-ring (bicyclic) bond motifs is 1. The van der Waals surface area contributed by atoms with Crippen molar-refractivity contribution >= 4 is 22.5 Å². The van der Waals surface area contributed by atoms with Crippen LogP contribution in [0.25, 0.3) is 11.1 Å². The van der Waals surface area contributed by atoms with Crippen molar-refractivity contribution in [1.29, 1.82) is 0 Å². The quantitative estimate of drug-likeness (QED) is 0.525. The summed E-state index contributed by atoms with van der Waals surface area (Å²) in [5, 5.41) is 3.10. The molecule has 4 N–H and O–H groups in total. The first-order valence-corrected chi connectivity index (χ1v) is 4.86. The summed E-state index contributed by atoms with van der Waals surface area (Å²) in [5.41, 5.74) is 8.17. The minimum absolute atomic E-state index is 0.458. The lowest BCUT2D eigenvalue weighted by Gasteiger charge is -2.08. The Bertz CT molecular complexity index is 544. The van der Waals surface area contributed by atoms with Gasteiger partial charge in [-0.2, -0.15) is 0 Å². The van der Waals surface area contributed by atoms with E-state index in [0.717, 1.165) is 5.69 Å². The van der Waals surface area contributed by atoms with Crippen molar-refractivity contribution in [2.24, 2.45) is 0 Å². The summed E-state index contributed by atoms with van der Waals surface area (Å²) < 4.78 is 9.80. The standard InChI is InChI=1S/C10H13N3O3/c1-15-3-2-12-7-5-8-9(4-6(7)11)16-10(14)13-8/h4-5,12H,2-3,11H2,1H3,(H,13,14).